The average molecular weight is 471 g/mol. The van der Waals surface area contributed by atoms with Gasteiger partial charge in [-0.15, -0.1) is 21.5 Å². The number of nitrogens with zero attached hydrogens (tertiary/aromatic N) is 4. The van der Waals surface area contributed by atoms with Crippen molar-refractivity contribution in [1.29, 1.82) is 0 Å². The van der Waals surface area contributed by atoms with Crippen molar-refractivity contribution in [2.45, 2.75) is 37.2 Å². The largest absolute Gasteiger partial charge is 0.497 e. The van der Waals surface area contributed by atoms with E-state index >= 15 is 0 Å². The number of rotatable bonds is 7. The van der Waals surface area contributed by atoms with Gasteiger partial charge in [0.25, 0.3) is 11.1 Å². The number of ether oxygens (including phenoxy) is 2. The maximum atomic E-state index is 5.88. The first-order valence-corrected chi connectivity index (χ1v) is 12.1. The predicted molar refractivity (Wildman–Crippen MR) is 121 cm³/mol. The Bertz CT molecular complexity index is 1230. The highest BCUT2D eigenvalue weighted by Gasteiger charge is 2.21. The van der Waals surface area contributed by atoms with Gasteiger partial charge in [0.15, 0.2) is 0 Å². The fraction of sp³-hybridized carbons (Fsp3) is 0.364. The second-order valence-corrected chi connectivity index (χ2v) is 9.71. The zero-order valence-corrected chi connectivity index (χ0v) is 19.6. The molecule has 0 amide bonds. The summed E-state index contributed by atoms with van der Waals surface area (Å²) in [4.78, 5) is 6.95. The molecule has 0 N–H and O–H groups in total. The van der Waals surface area contributed by atoms with Crippen molar-refractivity contribution in [1.82, 2.24) is 20.3 Å². The van der Waals surface area contributed by atoms with Gasteiger partial charge in [0, 0.05) is 10.9 Å². The number of aromatic nitrogens is 4. The van der Waals surface area contributed by atoms with Gasteiger partial charge >= 0.3 is 0 Å². The summed E-state index contributed by atoms with van der Waals surface area (Å²) in [6.45, 7) is 2.30. The Labute approximate surface area is 193 Å². The molecule has 10 heteroatoms. The molecule has 32 heavy (non-hydrogen) atoms. The van der Waals surface area contributed by atoms with Crippen molar-refractivity contribution >= 4 is 23.1 Å². The van der Waals surface area contributed by atoms with E-state index in [9.17, 15) is 0 Å². The lowest BCUT2D eigenvalue weighted by atomic mass is 9.90. The summed E-state index contributed by atoms with van der Waals surface area (Å²) in [7, 11) is 3.20. The number of fused-ring (bicyclic) bond motifs is 1. The summed E-state index contributed by atoms with van der Waals surface area (Å²) in [6.07, 6.45) is 3.50. The molecule has 4 aromatic rings. The Morgan fingerprint density at radius 1 is 1.19 bits per heavy atom. The van der Waals surface area contributed by atoms with Crippen molar-refractivity contribution in [2.75, 3.05) is 14.2 Å². The summed E-state index contributed by atoms with van der Waals surface area (Å²) in [5, 5.41) is 12.9. The van der Waals surface area contributed by atoms with E-state index in [0.717, 1.165) is 29.2 Å². The summed E-state index contributed by atoms with van der Waals surface area (Å²) >= 11 is 3.12. The summed E-state index contributed by atoms with van der Waals surface area (Å²) in [6, 6.07) is 7.64. The van der Waals surface area contributed by atoms with Gasteiger partial charge in [-0.1, -0.05) is 23.8 Å². The SMILES string of the molecule is COc1ccc(-c2noc(CSc3nnc(-c4cc5c(s4)CC[C@@H](C)C5)o3)n2)c(OC)c1. The minimum atomic E-state index is 0.422. The van der Waals surface area contributed by atoms with Crippen molar-refractivity contribution in [3.05, 3.63) is 40.6 Å². The maximum Gasteiger partial charge on any atom is 0.277 e. The number of hydrogen-bond donors (Lipinski definition) is 0. The third-order valence-electron chi connectivity index (χ3n) is 5.38. The van der Waals surface area contributed by atoms with Gasteiger partial charge in [0.05, 0.1) is 30.4 Å². The lowest BCUT2D eigenvalue weighted by molar-refractivity contribution is 0.387. The Morgan fingerprint density at radius 2 is 2.09 bits per heavy atom. The molecule has 1 aliphatic rings. The quantitative estimate of drug-likeness (QED) is 0.334. The number of aryl methyl sites for hydroxylation is 1. The fourth-order valence-electron chi connectivity index (χ4n) is 3.71. The first kappa shape index (κ1) is 21.0. The Balaban J connectivity index is 1.26. The van der Waals surface area contributed by atoms with Crippen LogP contribution in [0, 0.1) is 5.92 Å². The number of thiophene rings is 1. The van der Waals surface area contributed by atoms with Crippen molar-refractivity contribution in [3.8, 4) is 33.7 Å². The van der Waals surface area contributed by atoms with E-state index in [-0.39, 0.29) is 0 Å². The molecule has 0 aliphatic heterocycles. The molecule has 0 radical (unpaired) electrons. The molecule has 0 unspecified atom stereocenters. The van der Waals surface area contributed by atoms with E-state index in [2.05, 4.69) is 33.3 Å². The lowest BCUT2D eigenvalue weighted by Gasteiger charge is -2.16. The molecule has 0 spiro atoms. The van der Waals surface area contributed by atoms with E-state index in [4.69, 9.17) is 18.4 Å². The normalized spacial score (nSPS) is 15.5. The molecule has 0 saturated carbocycles. The maximum absolute atomic E-state index is 5.88. The minimum Gasteiger partial charge on any atom is -0.497 e. The zero-order chi connectivity index (χ0) is 22.1. The molecular weight excluding hydrogens is 448 g/mol. The smallest absolute Gasteiger partial charge is 0.277 e. The number of thioether (sulfide) groups is 1. The molecule has 8 nitrogen and oxygen atoms in total. The van der Waals surface area contributed by atoms with Crippen LogP contribution in [0.25, 0.3) is 22.2 Å². The van der Waals surface area contributed by atoms with Crippen LogP contribution in [0.15, 0.2) is 38.4 Å². The van der Waals surface area contributed by atoms with Gasteiger partial charge in [-0.05, 0) is 48.9 Å². The van der Waals surface area contributed by atoms with Crippen LogP contribution in [0.5, 0.6) is 11.5 Å². The number of benzene rings is 1. The van der Waals surface area contributed by atoms with Crippen molar-refractivity contribution in [3.63, 3.8) is 0 Å². The summed E-state index contributed by atoms with van der Waals surface area (Å²) in [5.74, 6) is 3.93. The van der Waals surface area contributed by atoms with Crippen molar-refractivity contribution < 1.29 is 18.4 Å². The van der Waals surface area contributed by atoms with E-state index in [0.29, 0.717) is 40.1 Å². The molecule has 0 bridgehead atoms. The van der Waals surface area contributed by atoms with Crippen LogP contribution in [-0.4, -0.2) is 34.6 Å². The highest BCUT2D eigenvalue weighted by atomic mass is 32.2. The molecule has 3 aromatic heterocycles. The molecule has 1 aromatic carbocycles. The lowest BCUT2D eigenvalue weighted by Crippen LogP contribution is -2.07. The predicted octanol–water partition coefficient (Wildman–Crippen LogP) is 5.28. The standard InChI is InChI=1S/C22H22N4O4S2/c1-12-4-7-17-13(8-12)9-18(32-17)21-24-25-22(29-21)31-11-19-23-20(26-30-19)15-6-5-14(27-2)10-16(15)28-3/h5-6,9-10,12H,4,7-8,11H2,1-3H3/t12-/m1/s1. The summed E-state index contributed by atoms with van der Waals surface area (Å²) in [5.41, 5.74) is 2.15. The third kappa shape index (κ3) is 4.24. The topological polar surface area (TPSA) is 96.3 Å². The molecular formula is C22H22N4O4S2. The number of methoxy groups -OCH3 is 2. The Hall–Kier alpha value is -2.85. The average Bonchev–Trinajstić information content (AvgIpc) is 3.56. The minimum absolute atomic E-state index is 0.422. The van der Waals surface area contributed by atoms with Crippen LogP contribution in [0.2, 0.25) is 0 Å². The first-order valence-electron chi connectivity index (χ1n) is 10.3. The van der Waals surface area contributed by atoms with Gasteiger partial charge in [-0.2, -0.15) is 4.98 Å². The van der Waals surface area contributed by atoms with Gasteiger partial charge in [0.1, 0.15) is 11.5 Å². The zero-order valence-electron chi connectivity index (χ0n) is 18.0. The van der Waals surface area contributed by atoms with Gasteiger partial charge in [0.2, 0.25) is 11.7 Å². The van der Waals surface area contributed by atoms with Gasteiger partial charge in [-0.3, -0.25) is 0 Å². The second kappa shape index (κ2) is 8.95. The van der Waals surface area contributed by atoms with Gasteiger partial charge in [-0.25, -0.2) is 0 Å². The van der Waals surface area contributed by atoms with E-state index < -0.39 is 0 Å². The van der Waals surface area contributed by atoms with Crippen LogP contribution in [0.1, 0.15) is 29.7 Å². The molecule has 0 fully saturated rings. The Kier molecular flexibility index (Phi) is 5.88. The van der Waals surface area contributed by atoms with Crippen LogP contribution >= 0.6 is 23.1 Å². The molecule has 1 aliphatic carbocycles. The molecule has 1 atom stereocenters. The molecule has 0 saturated heterocycles. The fourth-order valence-corrected chi connectivity index (χ4v) is 5.44. The van der Waals surface area contributed by atoms with E-state index in [1.54, 1.807) is 31.6 Å². The second-order valence-electron chi connectivity index (χ2n) is 7.65. The highest BCUT2D eigenvalue weighted by molar-refractivity contribution is 7.98. The molecule has 5 rings (SSSR count). The van der Waals surface area contributed by atoms with E-state index in [1.807, 2.05) is 12.1 Å². The summed E-state index contributed by atoms with van der Waals surface area (Å²) < 4.78 is 21.9. The van der Waals surface area contributed by atoms with E-state index in [1.165, 1.54) is 28.6 Å². The van der Waals surface area contributed by atoms with Crippen molar-refractivity contribution in [2.24, 2.45) is 5.92 Å². The first-order chi connectivity index (χ1) is 15.6. The Morgan fingerprint density at radius 3 is 2.94 bits per heavy atom. The van der Waals surface area contributed by atoms with Crippen LogP contribution in [0.3, 0.4) is 0 Å². The number of hydrogen-bond acceptors (Lipinski definition) is 10. The van der Waals surface area contributed by atoms with Crippen LogP contribution in [0.4, 0.5) is 0 Å². The van der Waals surface area contributed by atoms with Crippen LogP contribution in [-0.2, 0) is 18.6 Å². The van der Waals surface area contributed by atoms with Crippen LogP contribution < -0.4 is 9.47 Å². The monoisotopic (exact) mass is 470 g/mol. The molecule has 166 valence electrons. The highest BCUT2D eigenvalue weighted by Crippen LogP contribution is 2.38. The third-order valence-corrected chi connectivity index (χ3v) is 7.41. The molecule has 3 heterocycles. The van der Waals surface area contributed by atoms with Gasteiger partial charge < -0.3 is 18.4 Å².